The first-order chi connectivity index (χ1) is 20.8. The lowest BCUT2D eigenvalue weighted by molar-refractivity contribution is -0.156. The van der Waals surface area contributed by atoms with Gasteiger partial charge in [-0.3, -0.25) is 0 Å². The smallest absolute Gasteiger partial charge is 0.423 e. The summed E-state index contributed by atoms with van der Waals surface area (Å²) in [6.45, 7) is 4.27. The number of esters is 4. The van der Waals surface area contributed by atoms with Crippen LogP contribution in [0.3, 0.4) is 0 Å². The monoisotopic (exact) mass is 726 g/mol. The third-order valence-corrected chi connectivity index (χ3v) is 9.82. The second kappa shape index (κ2) is 15.1. The van der Waals surface area contributed by atoms with Gasteiger partial charge in [0.15, 0.2) is 11.5 Å². The van der Waals surface area contributed by atoms with E-state index in [9.17, 15) is 19.2 Å². The molecule has 2 fully saturated rings. The number of carbonyl (C=O) groups is 4. The molecule has 0 heterocycles. The minimum Gasteiger partial charge on any atom is -0.462 e. The SMILES string of the molecule is CC(CCOC(=O)c1c(Cl)c(Cl)cc(Cl)c1OC(=O)C(=O)Oc1c(Cl)cc(Cl)c(Cl)c1C(=O)OCCC(C)C1CC1)C1CC1. The molecular weight excluding hydrogens is 701 g/mol. The minimum atomic E-state index is -1.64. The van der Waals surface area contributed by atoms with Gasteiger partial charge in [-0.25, -0.2) is 19.2 Å². The Balaban J connectivity index is 1.50. The highest BCUT2D eigenvalue weighted by Crippen LogP contribution is 2.43. The van der Waals surface area contributed by atoms with Crippen LogP contribution in [0.15, 0.2) is 12.1 Å². The van der Waals surface area contributed by atoms with Gasteiger partial charge in [0.2, 0.25) is 0 Å². The van der Waals surface area contributed by atoms with Crippen LogP contribution >= 0.6 is 69.6 Å². The molecule has 8 nitrogen and oxygen atoms in total. The zero-order valence-electron chi connectivity index (χ0n) is 23.7. The van der Waals surface area contributed by atoms with E-state index in [4.69, 9.17) is 88.6 Å². The predicted molar refractivity (Wildman–Crippen MR) is 168 cm³/mol. The van der Waals surface area contributed by atoms with Crippen LogP contribution in [0.2, 0.25) is 30.1 Å². The van der Waals surface area contributed by atoms with Crippen LogP contribution in [0.4, 0.5) is 0 Å². The molecule has 0 spiro atoms. The van der Waals surface area contributed by atoms with Gasteiger partial charge in [-0.15, -0.1) is 0 Å². The van der Waals surface area contributed by atoms with Gasteiger partial charge in [-0.05, 0) is 74.3 Å². The van der Waals surface area contributed by atoms with Crippen molar-refractivity contribution < 1.29 is 38.1 Å². The summed E-state index contributed by atoms with van der Waals surface area (Å²) in [7, 11) is 0. The van der Waals surface area contributed by atoms with Crippen LogP contribution in [0, 0.1) is 23.7 Å². The van der Waals surface area contributed by atoms with Crippen molar-refractivity contribution in [2.75, 3.05) is 13.2 Å². The summed E-state index contributed by atoms with van der Waals surface area (Å²) < 4.78 is 21.0. The molecule has 0 saturated heterocycles. The summed E-state index contributed by atoms with van der Waals surface area (Å²) in [6.07, 6.45) is 5.76. The van der Waals surface area contributed by atoms with E-state index in [1.54, 1.807) is 0 Å². The van der Waals surface area contributed by atoms with Gasteiger partial charge < -0.3 is 18.9 Å². The Kier molecular flexibility index (Phi) is 12.0. The average Bonchev–Trinajstić information content (AvgIpc) is 3.87. The van der Waals surface area contributed by atoms with E-state index in [0.29, 0.717) is 36.5 Å². The molecule has 0 amide bonds. The molecule has 0 aromatic heterocycles. The molecule has 2 atom stereocenters. The molecule has 2 aliphatic rings. The fourth-order valence-electron chi connectivity index (χ4n) is 4.61. The van der Waals surface area contributed by atoms with E-state index in [2.05, 4.69) is 13.8 Å². The standard InChI is InChI=1S/C30H28Cl6O8/c1-13(15-3-4-15)7-9-41-27(37)21-23(35)17(31)11-19(33)25(21)43-29(39)30(40)44-26-20(34)12-18(32)24(36)22(26)28(38)42-10-8-14(2)16-5-6-16/h11-16H,3-10H2,1-2H3. The van der Waals surface area contributed by atoms with Crippen molar-refractivity contribution in [2.24, 2.45) is 23.7 Å². The van der Waals surface area contributed by atoms with Crippen molar-refractivity contribution in [1.82, 2.24) is 0 Å². The maximum atomic E-state index is 13.0. The summed E-state index contributed by atoms with van der Waals surface area (Å²) in [5.74, 6) is -4.45. The largest absolute Gasteiger partial charge is 0.462 e. The molecule has 2 saturated carbocycles. The van der Waals surface area contributed by atoms with E-state index >= 15 is 0 Å². The zero-order valence-corrected chi connectivity index (χ0v) is 28.2. The van der Waals surface area contributed by atoms with Crippen LogP contribution in [0.1, 0.15) is 73.1 Å². The van der Waals surface area contributed by atoms with Crippen LogP contribution < -0.4 is 9.47 Å². The second-order valence-electron chi connectivity index (χ2n) is 11.0. The van der Waals surface area contributed by atoms with E-state index < -0.39 is 46.5 Å². The summed E-state index contributed by atoms with van der Waals surface area (Å²) >= 11 is 37.2. The average molecular weight is 729 g/mol. The Morgan fingerprint density at radius 2 is 0.977 bits per heavy atom. The Labute approximate surface area is 284 Å². The molecule has 2 aromatic carbocycles. The predicted octanol–water partition coefficient (Wildman–Crippen LogP) is 9.30. The highest BCUT2D eigenvalue weighted by Gasteiger charge is 2.33. The quantitative estimate of drug-likeness (QED) is 0.0922. The molecule has 2 aliphatic carbocycles. The fraction of sp³-hybridized carbons (Fsp3) is 0.467. The van der Waals surface area contributed by atoms with Crippen molar-refractivity contribution >= 4 is 93.5 Å². The van der Waals surface area contributed by atoms with Crippen LogP contribution in [-0.2, 0) is 19.1 Å². The third kappa shape index (κ3) is 8.65. The van der Waals surface area contributed by atoms with E-state index in [1.165, 1.54) is 0 Å². The number of hydrogen-bond acceptors (Lipinski definition) is 8. The van der Waals surface area contributed by atoms with Crippen molar-refractivity contribution in [3.05, 3.63) is 53.4 Å². The summed E-state index contributed by atoms with van der Waals surface area (Å²) in [4.78, 5) is 51.7. The fourth-order valence-corrected chi connectivity index (χ4v) is 6.05. The number of hydrogen-bond donors (Lipinski definition) is 0. The topological polar surface area (TPSA) is 105 Å². The van der Waals surface area contributed by atoms with Crippen LogP contribution in [0.5, 0.6) is 11.5 Å². The first kappa shape index (κ1) is 34.9. The second-order valence-corrected chi connectivity index (χ2v) is 13.4. The molecule has 0 N–H and O–H groups in total. The highest BCUT2D eigenvalue weighted by atomic mass is 35.5. The maximum absolute atomic E-state index is 13.0. The summed E-state index contributed by atoms with van der Waals surface area (Å²) in [5, 5.41) is -1.46. The Morgan fingerprint density at radius 1 is 0.636 bits per heavy atom. The molecule has 4 rings (SSSR count). The van der Waals surface area contributed by atoms with Crippen molar-refractivity contribution in [3.63, 3.8) is 0 Å². The number of halogens is 6. The molecule has 0 aliphatic heterocycles. The van der Waals surface area contributed by atoms with E-state index in [-0.39, 0.29) is 43.3 Å². The van der Waals surface area contributed by atoms with Crippen molar-refractivity contribution in [1.29, 1.82) is 0 Å². The van der Waals surface area contributed by atoms with Gasteiger partial charge in [-0.1, -0.05) is 83.5 Å². The lowest BCUT2D eigenvalue weighted by Crippen LogP contribution is -2.27. The number of carbonyl (C=O) groups excluding carboxylic acids is 4. The Bertz CT molecular complexity index is 1360. The van der Waals surface area contributed by atoms with Crippen molar-refractivity contribution in [3.8, 4) is 11.5 Å². The lowest BCUT2D eigenvalue weighted by Gasteiger charge is -2.16. The molecule has 0 radical (unpaired) electrons. The Hall–Kier alpha value is -1.94. The molecule has 2 aromatic rings. The number of rotatable bonds is 12. The number of ether oxygens (including phenoxy) is 4. The lowest BCUT2D eigenvalue weighted by atomic mass is 10.0. The first-order valence-electron chi connectivity index (χ1n) is 13.9. The van der Waals surface area contributed by atoms with Gasteiger partial charge in [0.1, 0.15) is 11.1 Å². The van der Waals surface area contributed by atoms with E-state index in [1.807, 2.05) is 0 Å². The van der Waals surface area contributed by atoms with Gasteiger partial charge in [0.05, 0.1) is 43.3 Å². The van der Waals surface area contributed by atoms with Gasteiger partial charge in [-0.2, -0.15) is 0 Å². The normalized spacial score (nSPS) is 15.7. The van der Waals surface area contributed by atoms with Gasteiger partial charge >= 0.3 is 23.9 Å². The molecule has 0 bridgehead atoms. The Morgan fingerprint density at radius 3 is 1.30 bits per heavy atom. The molecule has 14 heteroatoms. The minimum absolute atomic E-state index is 0.0700. The number of benzene rings is 2. The zero-order chi connectivity index (χ0) is 32.3. The maximum Gasteiger partial charge on any atom is 0.423 e. The van der Waals surface area contributed by atoms with Crippen LogP contribution in [0.25, 0.3) is 0 Å². The van der Waals surface area contributed by atoms with Gasteiger partial charge in [0.25, 0.3) is 0 Å². The first-order valence-corrected chi connectivity index (χ1v) is 16.2. The van der Waals surface area contributed by atoms with Gasteiger partial charge in [0, 0.05) is 0 Å². The third-order valence-electron chi connectivity index (χ3n) is 7.68. The summed E-state index contributed by atoms with van der Waals surface area (Å²) in [6, 6.07) is 2.25. The molecule has 44 heavy (non-hydrogen) atoms. The summed E-state index contributed by atoms with van der Waals surface area (Å²) in [5.41, 5.74) is -0.914. The molecule has 2 unspecified atom stereocenters. The van der Waals surface area contributed by atoms with E-state index in [0.717, 1.165) is 37.8 Å². The van der Waals surface area contributed by atoms with Crippen LogP contribution in [-0.4, -0.2) is 37.1 Å². The molecular formula is C30H28Cl6O8. The van der Waals surface area contributed by atoms with Crippen molar-refractivity contribution in [2.45, 2.75) is 52.4 Å². The molecule has 238 valence electrons. The highest BCUT2D eigenvalue weighted by molar-refractivity contribution is 6.47.